The summed E-state index contributed by atoms with van der Waals surface area (Å²) in [4.78, 5) is 25.9. The summed E-state index contributed by atoms with van der Waals surface area (Å²) in [6.45, 7) is 4.17. The first kappa shape index (κ1) is 14.1. The minimum atomic E-state index is -0.390. The molecule has 0 saturated carbocycles. The van der Waals surface area contributed by atoms with Crippen molar-refractivity contribution in [2.75, 3.05) is 6.61 Å². The monoisotopic (exact) mass is 274 g/mol. The number of primary amides is 1. The Hall–Kier alpha value is -2.30. The number of nitrogens with two attached hydrogens (primary N) is 1. The lowest BCUT2D eigenvalue weighted by Gasteiger charge is -2.05. The van der Waals surface area contributed by atoms with Gasteiger partial charge in [-0.05, 0) is 31.9 Å². The number of ether oxygens (including phenoxy) is 1. The van der Waals surface area contributed by atoms with Crippen LogP contribution < -0.4 is 5.73 Å². The topological polar surface area (TPSA) is 85.2 Å². The second-order valence-corrected chi connectivity index (χ2v) is 4.81. The summed E-state index contributed by atoms with van der Waals surface area (Å²) in [6.07, 6.45) is 0.665. The molecular weight excluding hydrogens is 256 g/mol. The summed E-state index contributed by atoms with van der Waals surface area (Å²) < 4.78 is 5.17. The number of carbonyl (C=O) groups excluding carboxylic acids is 2. The average Bonchev–Trinajstić information content (AvgIpc) is 2.70. The van der Waals surface area contributed by atoms with E-state index >= 15 is 0 Å². The maximum atomic E-state index is 12.1. The molecule has 0 aliphatic rings. The Kier molecular flexibility index (Phi) is 4.08. The molecule has 2 aromatic rings. The molecule has 0 unspecified atom stereocenters. The number of esters is 1. The van der Waals surface area contributed by atoms with Crippen LogP contribution in [0.3, 0.4) is 0 Å². The van der Waals surface area contributed by atoms with Crippen molar-refractivity contribution >= 4 is 22.8 Å². The van der Waals surface area contributed by atoms with Gasteiger partial charge < -0.3 is 15.5 Å². The fourth-order valence-corrected chi connectivity index (χ4v) is 2.14. The molecule has 3 N–H and O–H groups in total. The summed E-state index contributed by atoms with van der Waals surface area (Å²) in [6, 6.07) is 5.54. The van der Waals surface area contributed by atoms with E-state index in [1.165, 1.54) is 0 Å². The van der Waals surface area contributed by atoms with Gasteiger partial charge in [-0.1, -0.05) is 12.1 Å². The Morgan fingerprint density at radius 2 is 2.05 bits per heavy atom. The number of hydrogen-bond donors (Lipinski definition) is 2. The molecule has 5 nitrogen and oxygen atoms in total. The zero-order chi connectivity index (χ0) is 14.7. The van der Waals surface area contributed by atoms with Crippen LogP contribution in [0.25, 0.3) is 10.9 Å². The minimum Gasteiger partial charge on any atom is -0.462 e. The molecule has 2 rings (SSSR count). The molecule has 106 valence electrons. The van der Waals surface area contributed by atoms with Crippen LogP contribution in [0, 0.1) is 13.8 Å². The number of carbonyl (C=O) groups is 2. The first-order valence-corrected chi connectivity index (χ1v) is 6.54. The van der Waals surface area contributed by atoms with Crippen LogP contribution in [0.2, 0.25) is 0 Å². The van der Waals surface area contributed by atoms with E-state index in [2.05, 4.69) is 4.98 Å². The maximum Gasteiger partial charge on any atom is 0.340 e. The number of amides is 1. The van der Waals surface area contributed by atoms with Crippen LogP contribution in [0.15, 0.2) is 18.2 Å². The molecule has 1 heterocycles. The summed E-state index contributed by atoms with van der Waals surface area (Å²) in [5.74, 6) is -0.778. The highest BCUT2D eigenvalue weighted by Gasteiger charge is 2.14. The summed E-state index contributed by atoms with van der Waals surface area (Å²) >= 11 is 0. The molecular formula is C15H18N2O3. The molecule has 5 heteroatoms. The first-order chi connectivity index (χ1) is 9.50. The van der Waals surface area contributed by atoms with Gasteiger partial charge in [-0.25, -0.2) is 4.79 Å². The third-order valence-corrected chi connectivity index (χ3v) is 3.36. The molecule has 20 heavy (non-hydrogen) atoms. The second kappa shape index (κ2) is 5.77. The van der Waals surface area contributed by atoms with Gasteiger partial charge in [0.1, 0.15) is 0 Å². The van der Waals surface area contributed by atoms with Crippen LogP contribution in [0.5, 0.6) is 0 Å². The fourth-order valence-electron chi connectivity index (χ4n) is 2.14. The number of benzene rings is 1. The Labute approximate surface area is 117 Å². The fraction of sp³-hybridized carbons (Fsp3) is 0.333. The minimum absolute atomic E-state index is 0.191. The largest absolute Gasteiger partial charge is 0.462 e. The Morgan fingerprint density at radius 1 is 1.30 bits per heavy atom. The van der Waals surface area contributed by atoms with Crippen molar-refractivity contribution in [1.29, 1.82) is 0 Å². The van der Waals surface area contributed by atoms with E-state index in [1.54, 1.807) is 6.07 Å². The molecule has 0 fully saturated rings. The summed E-state index contributed by atoms with van der Waals surface area (Å²) in [5, 5.41) is 1.02. The third kappa shape index (κ3) is 2.82. The summed E-state index contributed by atoms with van der Waals surface area (Å²) in [5.41, 5.74) is 8.50. The van der Waals surface area contributed by atoms with Gasteiger partial charge in [-0.2, -0.15) is 0 Å². The normalized spacial score (nSPS) is 10.7. The molecule has 0 radical (unpaired) electrons. The Balaban J connectivity index is 2.14. The molecule has 0 aliphatic heterocycles. The highest BCUT2D eigenvalue weighted by molar-refractivity contribution is 6.04. The van der Waals surface area contributed by atoms with Gasteiger partial charge in [0.25, 0.3) is 0 Å². The molecule has 0 bridgehead atoms. The van der Waals surface area contributed by atoms with Crippen molar-refractivity contribution in [3.8, 4) is 0 Å². The molecule has 0 atom stereocenters. The number of fused-ring (bicyclic) bond motifs is 1. The smallest absolute Gasteiger partial charge is 0.340 e. The lowest BCUT2D eigenvalue weighted by atomic mass is 10.1. The molecule has 1 aromatic heterocycles. The van der Waals surface area contributed by atoms with E-state index in [-0.39, 0.29) is 19.0 Å². The molecule has 1 amide bonds. The number of para-hydroxylation sites is 1. The van der Waals surface area contributed by atoms with Crippen molar-refractivity contribution in [3.63, 3.8) is 0 Å². The van der Waals surface area contributed by atoms with Crippen molar-refractivity contribution < 1.29 is 14.3 Å². The lowest BCUT2D eigenvalue weighted by molar-refractivity contribution is -0.118. The van der Waals surface area contributed by atoms with Crippen molar-refractivity contribution in [2.24, 2.45) is 5.73 Å². The van der Waals surface area contributed by atoms with Gasteiger partial charge in [-0.3, -0.25) is 4.79 Å². The predicted octanol–water partition coefficient (Wildman–Crippen LogP) is 2.21. The van der Waals surface area contributed by atoms with Gasteiger partial charge in [0.05, 0.1) is 17.7 Å². The van der Waals surface area contributed by atoms with E-state index in [4.69, 9.17) is 10.5 Å². The number of nitrogens with one attached hydrogen (secondary N) is 1. The highest BCUT2D eigenvalue weighted by atomic mass is 16.5. The van der Waals surface area contributed by atoms with E-state index < -0.39 is 5.91 Å². The van der Waals surface area contributed by atoms with Crippen molar-refractivity contribution in [2.45, 2.75) is 26.7 Å². The van der Waals surface area contributed by atoms with E-state index in [1.807, 2.05) is 26.0 Å². The number of aryl methyl sites for hydroxylation is 2. The van der Waals surface area contributed by atoms with E-state index in [9.17, 15) is 9.59 Å². The van der Waals surface area contributed by atoms with Gasteiger partial charge in [0, 0.05) is 17.5 Å². The second-order valence-electron chi connectivity index (χ2n) is 4.81. The standard InChI is InChI=1S/C15H18N2O3/c1-9-10(2)17-14-11(9)5-3-6-12(14)15(19)20-8-4-7-13(16)18/h3,5-6,17H,4,7-8H2,1-2H3,(H2,16,18). The van der Waals surface area contributed by atoms with Crippen LogP contribution in [0.4, 0.5) is 0 Å². The van der Waals surface area contributed by atoms with Crippen molar-refractivity contribution in [1.82, 2.24) is 4.98 Å². The van der Waals surface area contributed by atoms with E-state index in [0.717, 1.165) is 22.2 Å². The number of hydrogen-bond acceptors (Lipinski definition) is 3. The van der Waals surface area contributed by atoms with Gasteiger partial charge >= 0.3 is 5.97 Å². The van der Waals surface area contributed by atoms with Gasteiger partial charge in [0.2, 0.25) is 5.91 Å². The maximum absolute atomic E-state index is 12.1. The zero-order valence-corrected chi connectivity index (χ0v) is 11.7. The number of aromatic amines is 1. The Bertz CT molecular complexity index is 658. The van der Waals surface area contributed by atoms with Crippen LogP contribution >= 0.6 is 0 Å². The lowest BCUT2D eigenvalue weighted by Crippen LogP contribution is -2.13. The number of aromatic nitrogens is 1. The molecule has 0 spiro atoms. The molecule has 0 aliphatic carbocycles. The van der Waals surface area contributed by atoms with Crippen LogP contribution in [-0.4, -0.2) is 23.5 Å². The third-order valence-electron chi connectivity index (χ3n) is 3.36. The van der Waals surface area contributed by atoms with Gasteiger partial charge in [0.15, 0.2) is 0 Å². The number of H-pyrrole nitrogens is 1. The Morgan fingerprint density at radius 3 is 2.75 bits per heavy atom. The molecule has 0 saturated heterocycles. The molecule has 1 aromatic carbocycles. The summed E-state index contributed by atoms with van der Waals surface area (Å²) in [7, 11) is 0. The predicted molar refractivity (Wildman–Crippen MR) is 76.5 cm³/mol. The van der Waals surface area contributed by atoms with E-state index in [0.29, 0.717) is 12.0 Å². The first-order valence-electron chi connectivity index (χ1n) is 6.54. The average molecular weight is 274 g/mol. The van der Waals surface area contributed by atoms with Crippen LogP contribution in [0.1, 0.15) is 34.5 Å². The van der Waals surface area contributed by atoms with Gasteiger partial charge in [-0.15, -0.1) is 0 Å². The number of rotatable bonds is 5. The zero-order valence-electron chi connectivity index (χ0n) is 11.7. The quantitative estimate of drug-likeness (QED) is 0.647. The van der Waals surface area contributed by atoms with Crippen LogP contribution in [-0.2, 0) is 9.53 Å². The van der Waals surface area contributed by atoms with Crippen molar-refractivity contribution in [3.05, 3.63) is 35.0 Å². The highest BCUT2D eigenvalue weighted by Crippen LogP contribution is 2.24. The SMILES string of the molecule is Cc1[nH]c2c(C(=O)OCCCC(N)=O)cccc2c1C.